The molecule has 1 aromatic rings. The molecular formula is C9H15N3O3S. The van der Waals surface area contributed by atoms with Gasteiger partial charge in [-0.2, -0.15) is 0 Å². The van der Waals surface area contributed by atoms with Crippen LogP contribution < -0.4 is 4.90 Å². The molecule has 0 fully saturated rings. The first-order chi connectivity index (χ1) is 7.42. The summed E-state index contributed by atoms with van der Waals surface area (Å²) < 4.78 is 22.0. The molecule has 0 aliphatic heterocycles. The van der Waals surface area contributed by atoms with Gasteiger partial charge in [0.25, 0.3) is 0 Å². The Morgan fingerprint density at radius 2 is 2.12 bits per heavy atom. The van der Waals surface area contributed by atoms with E-state index in [1.807, 2.05) is 0 Å². The molecule has 90 valence electrons. The Morgan fingerprint density at radius 1 is 1.44 bits per heavy atom. The van der Waals surface area contributed by atoms with Gasteiger partial charge in [-0.05, 0) is 0 Å². The highest BCUT2D eigenvalue weighted by Gasteiger charge is 2.08. The van der Waals surface area contributed by atoms with Crippen molar-refractivity contribution in [3.05, 3.63) is 18.1 Å². The first kappa shape index (κ1) is 12.9. The molecule has 1 aromatic heterocycles. The second-order valence-electron chi connectivity index (χ2n) is 3.58. The smallest absolute Gasteiger partial charge is 0.149 e. The van der Waals surface area contributed by atoms with Crippen LogP contribution in [0.25, 0.3) is 0 Å². The van der Waals surface area contributed by atoms with Gasteiger partial charge in [0.2, 0.25) is 0 Å². The molecule has 0 spiro atoms. The molecule has 0 amide bonds. The largest absolute Gasteiger partial charge is 0.390 e. The van der Waals surface area contributed by atoms with Crippen molar-refractivity contribution in [1.29, 1.82) is 0 Å². The van der Waals surface area contributed by atoms with E-state index in [0.29, 0.717) is 18.1 Å². The molecule has 1 N–H and O–H groups in total. The molecular weight excluding hydrogens is 230 g/mol. The molecule has 0 bridgehead atoms. The SMILES string of the molecule is CN(CCS(C)(=O)=O)c1cncc(CO)n1. The lowest BCUT2D eigenvalue weighted by Gasteiger charge is -2.17. The predicted molar refractivity (Wildman–Crippen MR) is 60.9 cm³/mol. The number of rotatable bonds is 5. The lowest BCUT2D eigenvalue weighted by molar-refractivity contribution is 0.276. The molecule has 1 rings (SSSR count). The van der Waals surface area contributed by atoms with E-state index in [0.717, 1.165) is 0 Å². The van der Waals surface area contributed by atoms with Crippen LogP contribution in [0.4, 0.5) is 5.82 Å². The summed E-state index contributed by atoms with van der Waals surface area (Å²) >= 11 is 0. The lowest BCUT2D eigenvalue weighted by Crippen LogP contribution is -2.26. The summed E-state index contributed by atoms with van der Waals surface area (Å²) in [7, 11) is -1.25. The zero-order valence-corrected chi connectivity index (χ0v) is 10.1. The molecule has 0 aliphatic carbocycles. The molecule has 0 atom stereocenters. The van der Waals surface area contributed by atoms with E-state index in [1.54, 1.807) is 11.9 Å². The lowest BCUT2D eigenvalue weighted by atomic mass is 10.4. The highest BCUT2D eigenvalue weighted by Crippen LogP contribution is 2.07. The molecule has 0 radical (unpaired) electrons. The fraction of sp³-hybridized carbons (Fsp3) is 0.556. The summed E-state index contributed by atoms with van der Waals surface area (Å²) in [5.41, 5.74) is 0.462. The van der Waals surface area contributed by atoms with Gasteiger partial charge in [-0.3, -0.25) is 4.98 Å². The summed E-state index contributed by atoms with van der Waals surface area (Å²) in [5.74, 6) is 0.615. The molecule has 0 saturated carbocycles. The van der Waals surface area contributed by atoms with E-state index in [-0.39, 0.29) is 12.4 Å². The van der Waals surface area contributed by atoms with Gasteiger partial charge >= 0.3 is 0 Å². The first-order valence-corrected chi connectivity index (χ1v) is 6.79. The number of sulfone groups is 1. The zero-order chi connectivity index (χ0) is 12.2. The van der Waals surface area contributed by atoms with Crippen molar-refractivity contribution in [2.75, 3.05) is 30.5 Å². The van der Waals surface area contributed by atoms with E-state index in [2.05, 4.69) is 9.97 Å². The molecule has 0 unspecified atom stereocenters. The van der Waals surface area contributed by atoms with Crippen LogP contribution in [-0.2, 0) is 16.4 Å². The second-order valence-corrected chi connectivity index (χ2v) is 5.84. The van der Waals surface area contributed by atoms with Crippen molar-refractivity contribution in [3.8, 4) is 0 Å². The molecule has 16 heavy (non-hydrogen) atoms. The second kappa shape index (κ2) is 5.22. The van der Waals surface area contributed by atoms with Gasteiger partial charge in [0.15, 0.2) is 0 Å². The standard InChI is InChI=1S/C9H15N3O3S/c1-12(3-4-16(2,14)15)9-6-10-5-8(7-13)11-9/h5-6,13H,3-4,7H2,1-2H3. The van der Waals surface area contributed by atoms with Crippen molar-refractivity contribution in [2.24, 2.45) is 0 Å². The topological polar surface area (TPSA) is 83.4 Å². The monoisotopic (exact) mass is 245 g/mol. The highest BCUT2D eigenvalue weighted by atomic mass is 32.2. The Morgan fingerprint density at radius 3 is 2.69 bits per heavy atom. The van der Waals surface area contributed by atoms with Crippen LogP contribution in [0, 0.1) is 0 Å². The van der Waals surface area contributed by atoms with Gasteiger partial charge in [0, 0.05) is 19.8 Å². The van der Waals surface area contributed by atoms with Crippen LogP contribution in [0.15, 0.2) is 12.4 Å². The minimum atomic E-state index is -2.98. The summed E-state index contributed by atoms with van der Waals surface area (Å²) in [6.45, 7) is 0.170. The quantitative estimate of drug-likeness (QED) is 0.749. The van der Waals surface area contributed by atoms with Gasteiger partial charge < -0.3 is 10.0 Å². The van der Waals surface area contributed by atoms with Crippen LogP contribution in [0.2, 0.25) is 0 Å². The highest BCUT2D eigenvalue weighted by molar-refractivity contribution is 7.90. The number of aromatic nitrogens is 2. The van der Waals surface area contributed by atoms with Gasteiger partial charge in [0.1, 0.15) is 15.7 Å². The maximum absolute atomic E-state index is 11.0. The molecule has 6 nitrogen and oxygen atoms in total. The Balaban J connectivity index is 2.69. The van der Waals surface area contributed by atoms with Crippen LogP contribution in [0.5, 0.6) is 0 Å². The third-order valence-electron chi connectivity index (χ3n) is 2.02. The van der Waals surface area contributed by atoms with E-state index in [4.69, 9.17) is 5.11 Å². The van der Waals surface area contributed by atoms with Crippen LogP contribution in [0.1, 0.15) is 5.69 Å². The van der Waals surface area contributed by atoms with Gasteiger partial charge in [-0.15, -0.1) is 0 Å². The summed E-state index contributed by atoms with van der Waals surface area (Å²) in [6, 6.07) is 0. The van der Waals surface area contributed by atoms with Crippen LogP contribution in [-0.4, -0.2) is 49.1 Å². The van der Waals surface area contributed by atoms with Crippen molar-refractivity contribution in [2.45, 2.75) is 6.61 Å². The number of aliphatic hydroxyl groups is 1. The maximum atomic E-state index is 11.0. The Labute approximate surface area is 94.9 Å². The number of aliphatic hydroxyl groups excluding tert-OH is 1. The minimum Gasteiger partial charge on any atom is -0.390 e. The van der Waals surface area contributed by atoms with E-state index in [1.165, 1.54) is 18.6 Å². The fourth-order valence-electron chi connectivity index (χ4n) is 1.07. The third-order valence-corrected chi connectivity index (χ3v) is 2.95. The van der Waals surface area contributed by atoms with E-state index in [9.17, 15) is 8.42 Å². The summed E-state index contributed by atoms with van der Waals surface area (Å²) in [4.78, 5) is 9.71. The van der Waals surface area contributed by atoms with Crippen molar-refractivity contribution >= 4 is 15.7 Å². The number of hydrogen-bond acceptors (Lipinski definition) is 6. The van der Waals surface area contributed by atoms with E-state index < -0.39 is 9.84 Å². The summed E-state index contributed by atoms with van der Waals surface area (Å²) in [6.07, 6.45) is 4.19. The van der Waals surface area contributed by atoms with E-state index >= 15 is 0 Å². The number of hydrogen-bond donors (Lipinski definition) is 1. The van der Waals surface area contributed by atoms with Gasteiger partial charge in [0.05, 0.1) is 30.4 Å². The minimum absolute atomic E-state index is 0.0640. The van der Waals surface area contributed by atoms with Crippen molar-refractivity contribution in [3.63, 3.8) is 0 Å². The predicted octanol–water partition coefficient (Wildman–Crippen LogP) is -0.550. The third kappa shape index (κ3) is 4.11. The van der Waals surface area contributed by atoms with Gasteiger partial charge in [-0.25, -0.2) is 13.4 Å². The zero-order valence-electron chi connectivity index (χ0n) is 9.29. The Bertz CT molecular complexity index is 447. The Hall–Kier alpha value is -1.21. The summed E-state index contributed by atoms with van der Waals surface area (Å²) in [5, 5.41) is 8.89. The maximum Gasteiger partial charge on any atom is 0.149 e. The van der Waals surface area contributed by atoms with Crippen LogP contribution in [0.3, 0.4) is 0 Å². The average molecular weight is 245 g/mol. The number of nitrogens with zero attached hydrogens (tertiary/aromatic N) is 3. The first-order valence-electron chi connectivity index (χ1n) is 4.73. The average Bonchev–Trinajstić information content (AvgIpc) is 2.25. The van der Waals surface area contributed by atoms with Crippen molar-refractivity contribution < 1.29 is 13.5 Å². The van der Waals surface area contributed by atoms with Crippen LogP contribution >= 0.6 is 0 Å². The molecule has 0 saturated heterocycles. The normalized spacial score (nSPS) is 11.4. The molecule has 0 aromatic carbocycles. The molecule has 7 heteroatoms. The number of anilines is 1. The molecule has 1 heterocycles. The molecule has 0 aliphatic rings. The van der Waals surface area contributed by atoms with Gasteiger partial charge in [-0.1, -0.05) is 0 Å². The van der Waals surface area contributed by atoms with Crippen molar-refractivity contribution in [1.82, 2.24) is 9.97 Å². The Kier molecular flexibility index (Phi) is 4.19. The fourth-order valence-corrected chi connectivity index (χ4v) is 1.68.